The molecule has 0 spiro atoms. The second-order valence-corrected chi connectivity index (χ2v) is 11.9. The van der Waals surface area contributed by atoms with Crippen LogP contribution in [-0.2, 0) is 14.4 Å². The fourth-order valence-corrected chi connectivity index (χ4v) is 6.66. The minimum atomic E-state index is -0.295. The number of hydroxylamine groups is 1. The van der Waals surface area contributed by atoms with Gasteiger partial charge in [0.2, 0.25) is 5.91 Å². The fourth-order valence-electron chi connectivity index (χ4n) is 6.22. The Morgan fingerprint density at radius 3 is 2.60 bits per heavy atom. The van der Waals surface area contributed by atoms with E-state index in [1.807, 2.05) is 24.3 Å². The number of nitrogens with one attached hydrogen (secondary N) is 2. The minimum absolute atomic E-state index is 0.166. The number of hydrogen-bond donors (Lipinski definition) is 2. The summed E-state index contributed by atoms with van der Waals surface area (Å²) >= 11 is 12.9. The van der Waals surface area contributed by atoms with Gasteiger partial charge in [0.15, 0.2) is 5.82 Å². The SMILES string of the molecule is C=CC(=O)Nc1cc(Nc2cc(N3OCCC3c3cccc(Cl)c3Cl)ncn2)c(OC)cc1N1CCC(N2CCOCC2)CC1. The summed E-state index contributed by atoms with van der Waals surface area (Å²) in [6.07, 6.45) is 5.51. The molecule has 0 radical (unpaired) electrons. The van der Waals surface area contributed by atoms with Gasteiger partial charge in [-0.3, -0.25) is 14.5 Å². The van der Waals surface area contributed by atoms with Gasteiger partial charge >= 0.3 is 0 Å². The van der Waals surface area contributed by atoms with Gasteiger partial charge in [0.25, 0.3) is 0 Å². The summed E-state index contributed by atoms with van der Waals surface area (Å²) in [5.74, 6) is 1.39. The standard InChI is InChI=1S/C32H37Cl2N7O4/c1-3-31(42)38-24-17-25(28(43-2)18-27(24)40-10-7-21(8-11-40)39-12-15-44-16-13-39)37-29-19-30(36-20-35-29)41-26(9-14-45-41)22-5-4-6-23(33)32(22)34/h3-6,17-21,26H,1,7-16H2,2H3,(H,38,42)(H,35,36,37). The van der Waals surface area contributed by atoms with E-state index in [0.717, 1.165) is 69.9 Å². The average molecular weight is 655 g/mol. The first-order valence-electron chi connectivity index (χ1n) is 15.1. The van der Waals surface area contributed by atoms with Crippen LogP contribution in [0.3, 0.4) is 0 Å². The smallest absolute Gasteiger partial charge is 0.247 e. The van der Waals surface area contributed by atoms with E-state index in [1.165, 1.54) is 12.4 Å². The first-order valence-corrected chi connectivity index (χ1v) is 15.9. The van der Waals surface area contributed by atoms with Crippen molar-refractivity contribution in [2.45, 2.75) is 31.3 Å². The van der Waals surface area contributed by atoms with Crippen LogP contribution in [0.15, 0.2) is 55.4 Å². The maximum atomic E-state index is 12.5. The van der Waals surface area contributed by atoms with Gasteiger partial charge in [-0.05, 0) is 36.6 Å². The highest BCUT2D eigenvalue weighted by Gasteiger charge is 2.32. The Morgan fingerprint density at radius 1 is 1.04 bits per heavy atom. The number of anilines is 5. The Bertz CT molecular complexity index is 1530. The van der Waals surface area contributed by atoms with Gasteiger partial charge in [0.05, 0.1) is 60.1 Å². The Kier molecular flexibility index (Phi) is 9.91. The number of benzene rings is 2. The normalized spacial score (nSPS) is 19.4. The number of carbonyl (C=O) groups is 1. The molecule has 11 nitrogen and oxygen atoms in total. The van der Waals surface area contributed by atoms with E-state index >= 15 is 0 Å². The van der Waals surface area contributed by atoms with Crippen LogP contribution in [0.5, 0.6) is 5.75 Å². The molecular formula is C32H37Cl2N7O4. The largest absolute Gasteiger partial charge is 0.494 e. The number of aromatic nitrogens is 2. The molecule has 0 bridgehead atoms. The maximum Gasteiger partial charge on any atom is 0.247 e. The first kappa shape index (κ1) is 31.4. The Labute approximate surface area is 273 Å². The topological polar surface area (TPSA) is 104 Å². The lowest BCUT2D eigenvalue weighted by atomic mass is 10.0. The summed E-state index contributed by atoms with van der Waals surface area (Å²) < 4.78 is 11.4. The zero-order valence-corrected chi connectivity index (χ0v) is 26.7. The summed E-state index contributed by atoms with van der Waals surface area (Å²) in [7, 11) is 1.62. The molecule has 3 aliphatic heterocycles. The van der Waals surface area contributed by atoms with E-state index in [2.05, 4.69) is 37.0 Å². The quantitative estimate of drug-likeness (QED) is 0.274. The number of hydrogen-bond acceptors (Lipinski definition) is 10. The van der Waals surface area contributed by atoms with Crippen molar-refractivity contribution >= 4 is 57.8 Å². The molecule has 3 aliphatic rings. The van der Waals surface area contributed by atoms with Crippen LogP contribution in [-0.4, -0.2) is 79.9 Å². The van der Waals surface area contributed by atoms with Gasteiger partial charge in [-0.15, -0.1) is 0 Å². The van der Waals surface area contributed by atoms with Crippen molar-refractivity contribution in [2.75, 3.05) is 73.7 Å². The predicted molar refractivity (Wildman–Crippen MR) is 177 cm³/mol. The van der Waals surface area contributed by atoms with E-state index in [4.69, 9.17) is 37.5 Å². The monoisotopic (exact) mass is 653 g/mol. The van der Waals surface area contributed by atoms with E-state index in [9.17, 15) is 4.79 Å². The zero-order valence-electron chi connectivity index (χ0n) is 25.2. The molecule has 3 fully saturated rings. The summed E-state index contributed by atoms with van der Waals surface area (Å²) in [5.41, 5.74) is 3.04. The third-order valence-corrected chi connectivity index (χ3v) is 9.35. The van der Waals surface area contributed by atoms with Crippen molar-refractivity contribution in [1.82, 2.24) is 14.9 Å². The highest BCUT2D eigenvalue weighted by molar-refractivity contribution is 6.42. The van der Waals surface area contributed by atoms with E-state index in [-0.39, 0.29) is 11.9 Å². The lowest BCUT2D eigenvalue weighted by Crippen LogP contribution is -2.49. The van der Waals surface area contributed by atoms with Gasteiger partial charge in [0, 0.05) is 50.8 Å². The van der Waals surface area contributed by atoms with Crippen LogP contribution < -0.4 is 25.3 Å². The van der Waals surface area contributed by atoms with E-state index in [1.54, 1.807) is 24.3 Å². The number of methoxy groups -OCH3 is 1. The third-order valence-electron chi connectivity index (χ3n) is 8.51. The fraction of sp³-hybridized carbons (Fsp3) is 0.406. The van der Waals surface area contributed by atoms with Crippen LogP contribution >= 0.6 is 23.2 Å². The number of piperidine rings is 1. The first-order chi connectivity index (χ1) is 21.9. The number of rotatable bonds is 9. The Balaban J connectivity index is 1.24. The molecule has 13 heteroatoms. The zero-order chi connectivity index (χ0) is 31.3. The minimum Gasteiger partial charge on any atom is -0.494 e. The van der Waals surface area contributed by atoms with Crippen molar-refractivity contribution in [3.05, 3.63) is 71.0 Å². The number of amides is 1. The molecule has 3 saturated heterocycles. The van der Waals surface area contributed by atoms with Crippen molar-refractivity contribution in [1.29, 1.82) is 0 Å². The van der Waals surface area contributed by atoms with Gasteiger partial charge in [0.1, 0.15) is 17.9 Å². The van der Waals surface area contributed by atoms with Crippen LogP contribution in [0.2, 0.25) is 10.0 Å². The average Bonchev–Trinajstić information content (AvgIpc) is 3.57. The molecule has 4 heterocycles. The Morgan fingerprint density at radius 2 is 1.84 bits per heavy atom. The van der Waals surface area contributed by atoms with E-state index < -0.39 is 0 Å². The molecule has 1 unspecified atom stereocenters. The van der Waals surface area contributed by atoms with Gasteiger partial charge in [-0.2, -0.15) is 0 Å². The van der Waals surface area contributed by atoms with Crippen molar-refractivity contribution in [3.8, 4) is 5.75 Å². The Hall–Kier alpha value is -3.61. The molecule has 45 heavy (non-hydrogen) atoms. The highest BCUT2D eigenvalue weighted by Crippen LogP contribution is 2.42. The maximum absolute atomic E-state index is 12.5. The number of halogens is 2. The third kappa shape index (κ3) is 6.97. The molecule has 1 amide bonds. The van der Waals surface area contributed by atoms with Gasteiger partial charge < -0.3 is 25.0 Å². The molecule has 0 aliphatic carbocycles. The number of nitrogens with zero attached hydrogens (tertiary/aromatic N) is 5. The summed E-state index contributed by atoms with van der Waals surface area (Å²) in [6, 6.07) is 11.6. The van der Waals surface area contributed by atoms with E-state index in [0.29, 0.717) is 51.5 Å². The summed E-state index contributed by atoms with van der Waals surface area (Å²) in [4.78, 5) is 32.2. The number of carbonyl (C=O) groups excluding carboxylic acids is 1. The van der Waals surface area contributed by atoms with Crippen LogP contribution in [0.4, 0.5) is 28.7 Å². The van der Waals surface area contributed by atoms with Crippen molar-refractivity contribution in [3.63, 3.8) is 0 Å². The van der Waals surface area contributed by atoms with Crippen LogP contribution in [0, 0.1) is 0 Å². The lowest BCUT2D eigenvalue weighted by Gasteiger charge is -2.41. The molecule has 3 aromatic rings. The van der Waals surface area contributed by atoms with Gasteiger partial charge in [-0.25, -0.2) is 15.0 Å². The molecule has 238 valence electrons. The summed E-state index contributed by atoms with van der Waals surface area (Å²) in [5, 5.41) is 9.07. The lowest BCUT2D eigenvalue weighted by molar-refractivity contribution is -0.111. The van der Waals surface area contributed by atoms with Crippen molar-refractivity contribution in [2.24, 2.45) is 0 Å². The summed E-state index contributed by atoms with van der Waals surface area (Å²) in [6.45, 7) is 9.40. The molecule has 2 aromatic carbocycles. The molecule has 1 aromatic heterocycles. The number of morpholine rings is 1. The molecule has 2 N–H and O–H groups in total. The second-order valence-electron chi connectivity index (χ2n) is 11.1. The predicted octanol–water partition coefficient (Wildman–Crippen LogP) is 5.84. The molecule has 6 rings (SSSR count). The molecular weight excluding hydrogens is 617 g/mol. The molecule has 0 saturated carbocycles. The van der Waals surface area contributed by atoms with Crippen LogP contribution in [0.25, 0.3) is 0 Å². The number of ether oxygens (including phenoxy) is 2. The van der Waals surface area contributed by atoms with Gasteiger partial charge in [-0.1, -0.05) is 41.9 Å². The highest BCUT2D eigenvalue weighted by atomic mass is 35.5. The van der Waals surface area contributed by atoms with Crippen molar-refractivity contribution < 1.29 is 19.1 Å². The second kappa shape index (κ2) is 14.2. The molecule has 1 atom stereocenters. The van der Waals surface area contributed by atoms with Crippen LogP contribution in [0.1, 0.15) is 30.9 Å².